The van der Waals surface area contributed by atoms with E-state index in [9.17, 15) is 0 Å². The summed E-state index contributed by atoms with van der Waals surface area (Å²) < 4.78 is 2.38. The Morgan fingerprint density at radius 2 is 0.872 bits per heavy atom. The lowest BCUT2D eigenvalue weighted by atomic mass is 10.0. The van der Waals surface area contributed by atoms with Crippen LogP contribution in [0.2, 0.25) is 0 Å². The zero-order valence-corrected chi connectivity index (χ0v) is 25.5. The minimum absolute atomic E-state index is 0.644. The van der Waals surface area contributed by atoms with E-state index in [2.05, 4.69) is 114 Å². The minimum atomic E-state index is 0.644. The number of benzene rings is 7. The van der Waals surface area contributed by atoms with Crippen molar-refractivity contribution in [2.24, 2.45) is 0 Å². The van der Waals surface area contributed by atoms with Crippen molar-refractivity contribution in [1.82, 2.24) is 19.5 Å². The molecule has 0 aliphatic carbocycles. The third-order valence-electron chi connectivity index (χ3n) is 8.82. The molecule has 0 N–H and O–H groups in total. The molecule has 0 aliphatic rings. The van der Waals surface area contributed by atoms with Crippen molar-refractivity contribution in [3.63, 3.8) is 0 Å². The first-order chi connectivity index (χ1) is 23.3. The molecule has 4 nitrogen and oxygen atoms in total. The molecule has 0 fully saturated rings. The van der Waals surface area contributed by atoms with Gasteiger partial charge in [0, 0.05) is 33.2 Å². The predicted molar refractivity (Wildman–Crippen MR) is 193 cm³/mol. The average molecular weight is 601 g/mol. The van der Waals surface area contributed by atoms with E-state index in [1.807, 2.05) is 60.7 Å². The van der Waals surface area contributed by atoms with Crippen molar-refractivity contribution in [3.05, 3.63) is 170 Å². The quantitative estimate of drug-likeness (QED) is 0.197. The van der Waals surface area contributed by atoms with Crippen molar-refractivity contribution < 1.29 is 0 Å². The number of rotatable bonds is 5. The second-order valence-electron chi connectivity index (χ2n) is 11.7. The smallest absolute Gasteiger partial charge is 0.164 e. The lowest BCUT2D eigenvalue weighted by molar-refractivity contribution is 1.07. The Kier molecular flexibility index (Phi) is 6.43. The molecular formula is C43H28N4. The highest BCUT2D eigenvalue weighted by Crippen LogP contribution is 2.37. The monoisotopic (exact) mass is 600 g/mol. The fraction of sp³-hybridized carbons (Fsp3) is 0. The normalized spacial score (nSPS) is 11.4. The van der Waals surface area contributed by atoms with Crippen LogP contribution in [-0.4, -0.2) is 19.5 Å². The van der Waals surface area contributed by atoms with Crippen molar-refractivity contribution in [1.29, 1.82) is 0 Å². The second-order valence-corrected chi connectivity index (χ2v) is 11.7. The van der Waals surface area contributed by atoms with Crippen LogP contribution in [0.5, 0.6) is 0 Å². The Balaban J connectivity index is 1.18. The molecule has 0 saturated carbocycles. The van der Waals surface area contributed by atoms with Crippen LogP contribution in [-0.2, 0) is 0 Å². The topological polar surface area (TPSA) is 43.6 Å². The lowest BCUT2D eigenvalue weighted by Gasteiger charge is -2.12. The Labute approximate surface area is 272 Å². The average Bonchev–Trinajstić information content (AvgIpc) is 3.50. The summed E-state index contributed by atoms with van der Waals surface area (Å²) in [5.41, 5.74) is 8.57. The van der Waals surface area contributed by atoms with Crippen LogP contribution in [0.1, 0.15) is 0 Å². The number of aromatic nitrogens is 4. The van der Waals surface area contributed by atoms with Crippen LogP contribution in [0, 0.1) is 0 Å². The van der Waals surface area contributed by atoms with E-state index >= 15 is 0 Å². The van der Waals surface area contributed by atoms with Gasteiger partial charge in [-0.15, -0.1) is 0 Å². The highest BCUT2D eigenvalue weighted by molar-refractivity contribution is 6.21. The van der Waals surface area contributed by atoms with Crippen LogP contribution in [0.3, 0.4) is 0 Å². The maximum atomic E-state index is 4.96. The molecule has 0 unspecified atom stereocenters. The molecule has 47 heavy (non-hydrogen) atoms. The van der Waals surface area contributed by atoms with E-state index in [0.717, 1.165) is 33.5 Å². The van der Waals surface area contributed by atoms with E-state index < -0.39 is 0 Å². The van der Waals surface area contributed by atoms with Gasteiger partial charge in [0.1, 0.15) is 0 Å². The summed E-state index contributed by atoms with van der Waals surface area (Å²) in [7, 11) is 0. The molecule has 4 heteroatoms. The predicted octanol–water partition coefficient (Wildman–Crippen LogP) is 10.8. The van der Waals surface area contributed by atoms with E-state index in [-0.39, 0.29) is 0 Å². The third-order valence-corrected chi connectivity index (χ3v) is 8.82. The number of hydrogen-bond acceptors (Lipinski definition) is 3. The van der Waals surface area contributed by atoms with Crippen LogP contribution < -0.4 is 0 Å². The van der Waals surface area contributed by atoms with Gasteiger partial charge in [-0.3, -0.25) is 0 Å². The first-order valence-corrected chi connectivity index (χ1v) is 15.8. The standard InChI is InChI=1S/C43H28N4/c1-3-14-30(15-4-1)41-44-42(31-16-5-2-6-17-31)46-43(45-41)34-20-11-18-32(27-34)33-19-12-21-35(28-33)47-38-24-10-9-23-37(38)40-36-22-8-7-13-29(36)25-26-39(40)47/h1-28H. The molecule has 0 radical (unpaired) electrons. The van der Waals surface area contributed by atoms with E-state index in [1.54, 1.807) is 0 Å². The summed E-state index contributed by atoms with van der Waals surface area (Å²) in [6, 6.07) is 59.3. The summed E-state index contributed by atoms with van der Waals surface area (Å²) in [5, 5.41) is 5.05. The Morgan fingerprint density at radius 1 is 0.340 bits per heavy atom. The molecular weight excluding hydrogens is 573 g/mol. The Hall–Kier alpha value is -6.39. The SMILES string of the molecule is c1ccc(-c2nc(-c3ccccc3)nc(-c3cccc(-c4cccc(-n5c6ccccc6c6c7ccccc7ccc65)c4)c3)n2)cc1. The fourth-order valence-electron chi connectivity index (χ4n) is 6.62. The molecule has 0 saturated heterocycles. The van der Waals surface area contributed by atoms with E-state index in [4.69, 9.17) is 15.0 Å². The third kappa shape index (κ3) is 4.75. The van der Waals surface area contributed by atoms with Gasteiger partial charge in [-0.05, 0) is 52.2 Å². The Morgan fingerprint density at radius 3 is 1.60 bits per heavy atom. The number of fused-ring (bicyclic) bond motifs is 5. The molecule has 2 heterocycles. The van der Waals surface area contributed by atoms with Gasteiger partial charge in [-0.2, -0.15) is 0 Å². The van der Waals surface area contributed by atoms with Crippen LogP contribution in [0.4, 0.5) is 0 Å². The van der Waals surface area contributed by atoms with Gasteiger partial charge in [0.05, 0.1) is 11.0 Å². The number of nitrogens with zero attached hydrogens (tertiary/aromatic N) is 4. The van der Waals surface area contributed by atoms with Crippen molar-refractivity contribution in [3.8, 4) is 51.0 Å². The highest BCUT2D eigenvalue weighted by Gasteiger charge is 2.16. The lowest BCUT2D eigenvalue weighted by Crippen LogP contribution is -2.00. The van der Waals surface area contributed by atoms with Gasteiger partial charge in [-0.25, -0.2) is 15.0 Å². The van der Waals surface area contributed by atoms with Crippen LogP contribution >= 0.6 is 0 Å². The Bertz CT molecular complexity index is 2510. The van der Waals surface area contributed by atoms with Gasteiger partial charge in [0.2, 0.25) is 0 Å². The largest absolute Gasteiger partial charge is 0.309 e. The first-order valence-electron chi connectivity index (χ1n) is 15.8. The van der Waals surface area contributed by atoms with Crippen molar-refractivity contribution >= 4 is 32.6 Å². The molecule has 0 atom stereocenters. The summed E-state index contributed by atoms with van der Waals surface area (Å²) >= 11 is 0. The maximum Gasteiger partial charge on any atom is 0.164 e. The van der Waals surface area contributed by atoms with Gasteiger partial charge < -0.3 is 4.57 Å². The van der Waals surface area contributed by atoms with Gasteiger partial charge >= 0.3 is 0 Å². The maximum absolute atomic E-state index is 4.96. The number of para-hydroxylation sites is 1. The zero-order chi connectivity index (χ0) is 31.2. The minimum Gasteiger partial charge on any atom is -0.309 e. The molecule has 2 aromatic heterocycles. The summed E-state index contributed by atoms with van der Waals surface area (Å²) in [4.78, 5) is 14.8. The van der Waals surface area contributed by atoms with Gasteiger partial charge in [0.15, 0.2) is 17.5 Å². The molecule has 9 rings (SSSR count). The molecule has 0 bridgehead atoms. The van der Waals surface area contributed by atoms with E-state index in [0.29, 0.717) is 17.5 Å². The van der Waals surface area contributed by atoms with Crippen LogP contribution in [0.15, 0.2) is 170 Å². The summed E-state index contributed by atoms with van der Waals surface area (Å²) in [6.07, 6.45) is 0. The van der Waals surface area contributed by atoms with E-state index in [1.165, 1.54) is 32.6 Å². The first kappa shape index (κ1) is 27.0. The molecule has 220 valence electrons. The van der Waals surface area contributed by atoms with Crippen molar-refractivity contribution in [2.75, 3.05) is 0 Å². The molecule has 9 aromatic rings. The van der Waals surface area contributed by atoms with Gasteiger partial charge in [0.25, 0.3) is 0 Å². The molecule has 0 spiro atoms. The molecule has 0 aliphatic heterocycles. The second kappa shape index (κ2) is 11.2. The highest BCUT2D eigenvalue weighted by atomic mass is 15.0. The summed E-state index contributed by atoms with van der Waals surface area (Å²) in [6.45, 7) is 0. The fourth-order valence-corrected chi connectivity index (χ4v) is 6.62. The molecule has 0 amide bonds. The summed E-state index contributed by atoms with van der Waals surface area (Å²) in [5.74, 6) is 1.95. The van der Waals surface area contributed by atoms with Crippen LogP contribution in [0.25, 0.3) is 83.6 Å². The molecule has 7 aromatic carbocycles. The number of hydrogen-bond donors (Lipinski definition) is 0. The van der Waals surface area contributed by atoms with Gasteiger partial charge in [-0.1, -0.05) is 140 Å². The van der Waals surface area contributed by atoms with Crippen molar-refractivity contribution in [2.45, 2.75) is 0 Å². The zero-order valence-electron chi connectivity index (χ0n) is 25.5.